The molecule has 0 aromatic heterocycles. The molecule has 69 heavy (non-hydrogen) atoms. The van der Waals surface area contributed by atoms with Crippen molar-refractivity contribution in [2.24, 2.45) is 0 Å². The van der Waals surface area contributed by atoms with Gasteiger partial charge in [0.05, 0.1) is 0 Å². The summed E-state index contributed by atoms with van der Waals surface area (Å²) in [6.45, 7) is 6.24. The van der Waals surface area contributed by atoms with Crippen LogP contribution in [0.1, 0.15) is 201 Å². The van der Waals surface area contributed by atoms with Crippen molar-refractivity contribution < 1.29 is 28.6 Å². The molecule has 0 aliphatic carbocycles. The molecule has 0 saturated heterocycles. The number of esters is 3. The third kappa shape index (κ3) is 53.8. The summed E-state index contributed by atoms with van der Waals surface area (Å²) in [6.07, 6.45) is 81.0. The van der Waals surface area contributed by atoms with E-state index in [0.717, 1.165) is 96.3 Å². The molecule has 0 saturated carbocycles. The number of allylic oxidation sites excluding steroid dienone is 26. The van der Waals surface area contributed by atoms with Crippen LogP contribution in [-0.2, 0) is 28.6 Å². The van der Waals surface area contributed by atoms with Gasteiger partial charge in [-0.2, -0.15) is 0 Å². The van der Waals surface area contributed by atoms with Gasteiger partial charge in [0.2, 0.25) is 0 Å². The second-order valence-electron chi connectivity index (χ2n) is 17.0. The van der Waals surface area contributed by atoms with Crippen LogP contribution in [0.3, 0.4) is 0 Å². The number of ether oxygens (including phenoxy) is 3. The highest BCUT2D eigenvalue weighted by Crippen LogP contribution is 2.10. The molecule has 0 rings (SSSR count). The summed E-state index contributed by atoms with van der Waals surface area (Å²) in [5.41, 5.74) is 0. The van der Waals surface area contributed by atoms with E-state index in [-0.39, 0.29) is 44.4 Å². The van der Waals surface area contributed by atoms with Gasteiger partial charge in [-0.3, -0.25) is 14.4 Å². The van der Waals surface area contributed by atoms with Crippen molar-refractivity contribution in [2.75, 3.05) is 13.2 Å². The first kappa shape index (κ1) is 64.0. The van der Waals surface area contributed by atoms with Gasteiger partial charge in [-0.1, -0.05) is 211 Å². The maximum atomic E-state index is 12.8. The van der Waals surface area contributed by atoms with Crippen LogP contribution in [0.4, 0.5) is 0 Å². The fraction of sp³-hybridized carbons (Fsp3) is 0.540. The number of carbonyl (C=O) groups excluding carboxylic acids is 3. The zero-order valence-electron chi connectivity index (χ0n) is 43.8. The van der Waals surface area contributed by atoms with Gasteiger partial charge in [0.15, 0.2) is 6.10 Å². The molecule has 0 N–H and O–H groups in total. The fourth-order valence-corrected chi connectivity index (χ4v) is 6.53. The summed E-state index contributed by atoms with van der Waals surface area (Å²) in [5, 5.41) is 0. The van der Waals surface area contributed by atoms with E-state index in [1.54, 1.807) is 0 Å². The normalized spacial score (nSPS) is 13.0. The monoisotopic (exact) mass is 949 g/mol. The van der Waals surface area contributed by atoms with Crippen LogP contribution in [0.15, 0.2) is 158 Å². The summed E-state index contributed by atoms with van der Waals surface area (Å²) in [7, 11) is 0. The van der Waals surface area contributed by atoms with Gasteiger partial charge in [-0.15, -0.1) is 0 Å². The van der Waals surface area contributed by atoms with Crippen LogP contribution in [0, 0.1) is 0 Å². The summed E-state index contributed by atoms with van der Waals surface area (Å²) in [4.78, 5) is 38.0. The average molecular weight is 949 g/mol. The Balaban J connectivity index is 4.68. The molecule has 0 aromatic rings. The molecule has 6 nitrogen and oxygen atoms in total. The van der Waals surface area contributed by atoms with Crippen LogP contribution in [0.5, 0.6) is 0 Å². The second kappa shape index (κ2) is 55.6. The molecule has 0 unspecified atom stereocenters. The molecule has 0 aliphatic rings. The summed E-state index contributed by atoms with van der Waals surface area (Å²) in [6, 6.07) is 0. The van der Waals surface area contributed by atoms with Gasteiger partial charge >= 0.3 is 17.9 Å². The van der Waals surface area contributed by atoms with Crippen LogP contribution >= 0.6 is 0 Å². The lowest BCUT2D eigenvalue weighted by Gasteiger charge is -2.18. The first-order chi connectivity index (χ1) is 34.0. The molecule has 384 valence electrons. The number of carbonyl (C=O) groups is 3. The van der Waals surface area contributed by atoms with E-state index in [1.807, 2.05) is 0 Å². The van der Waals surface area contributed by atoms with Crippen molar-refractivity contribution in [3.63, 3.8) is 0 Å². The Morgan fingerprint density at radius 1 is 0.304 bits per heavy atom. The van der Waals surface area contributed by atoms with Crippen molar-refractivity contribution in [2.45, 2.75) is 207 Å². The van der Waals surface area contributed by atoms with E-state index in [0.29, 0.717) is 19.3 Å². The minimum atomic E-state index is -0.858. The lowest BCUT2D eigenvalue weighted by atomic mass is 10.1. The van der Waals surface area contributed by atoms with Gasteiger partial charge in [0.25, 0.3) is 0 Å². The Kier molecular flexibility index (Phi) is 51.6. The highest BCUT2D eigenvalue weighted by atomic mass is 16.6. The van der Waals surface area contributed by atoms with Crippen molar-refractivity contribution in [1.29, 1.82) is 0 Å². The Labute approximate surface area is 422 Å². The van der Waals surface area contributed by atoms with Gasteiger partial charge in [-0.25, -0.2) is 0 Å². The van der Waals surface area contributed by atoms with Crippen molar-refractivity contribution in [3.05, 3.63) is 158 Å². The van der Waals surface area contributed by atoms with Crippen molar-refractivity contribution in [3.8, 4) is 0 Å². The van der Waals surface area contributed by atoms with Crippen LogP contribution < -0.4 is 0 Å². The summed E-state index contributed by atoms with van der Waals surface area (Å²) < 4.78 is 16.7. The Hall–Kier alpha value is -4.97. The Morgan fingerprint density at radius 2 is 0.565 bits per heavy atom. The number of unbranched alkanes of at least 4 members (excludes halogenated alkanes) is 9. The molecule has 6 heteroatoms. The Bertz CT molecular complexity index is 1520. The molecule has 0 aliphatic heterocycles. The zero-order valence-corrected chi connectivity index (χ0v) is 43.8. The third-order valence-corrected chi connectivity index (χ3v) is 10.5. The van der Waals surface area contributed by atoms with Crippen LogP contribution in [0.2, 0.25) is 0 Å². The highest BCUT2D eigenvalue weighted by molar-refractivity contribution is 5.71. The van der Waals surface area contributed by atoms with Gasteiger partial charge in [0, 0.05) is 19.3 Å². The minimum absolute atomic E-state index is 0.153. The molecule has 0 radical (unpaired) electrons. The van der Waals surface area contributed by atoms with E-state index < -0.39 is 12.1 Å². The van der Waals surface area contributed by atoms with Crippen LogP contribution in [-0.4, -0.2) is 37.2 Å². The molecule has 0 atom stereocenters. The third-order valence-electron chi connectivity index (χ3n) is 10.5. The maximum Gasteiger partial charge on any atom is 0.306 e. The molecular weight excluding hydrogens is 853 g/mol. The van der Waals surface area contributed by atoms with E-state index in [9.17, 15) is 14.4 Å². The maximum absolute atomic E-state index is 12.8. The topological polar surface area (TPSA) is 78.9 Å². The average Bonchev–Trinajstić information content (AvgIpc) is 3.35. The predicted molar refractivity (Wildman–Crippen MR) is 297 cm³/mol. The van der Waals surface area contributed by atoms with E-state index in [4.69, 9.17) is 14.2 Å². The van der Waals surface area contributed by atoms with Gasteiger partial charge in [0.1, 0.15) is 13.2 Å². The zero-order chi connectivity index (χ0) is 50.0. The molecule has 0 amide bonds. The highest BCUT2D eigenvalue weighted by Gasteiger charge is 2.19. The van der Waals surface area contributed by atoms with Crippen molar-refractivity contribution in [1.82, 2.24) is 0 Å². The quantitative estimate of drug-likeness (QED) is 0.0262. The molecular formula is C63H96O6. The number of hydrogen-bond donors (Lipinski definition) is 0. The second-order valence-corrected chi connectivity index (χ2v) is 17.0. The predicted octanol–water partition coefficient (Wildman–Crippen LogP) is 18.2. The standard InChI is InChI=1S/C63H96O6/c1-4-7-10-13-16-19-22-25-28-31-34-37-40-43-46-49-52-55-61(64)67-58-60(69-63(66)57-54-51-48-45-42-39-36-33-30-27-24-21-18-15-12-9-6-3)59-68-62(65)56-53-50-47-44-41-38-35-32-29-26-23-20-17-14-11-8-5-2/h7-8,10-11,16-17,19-20,25-30,34-39,43-48,60H,4-6,9,12-15,18,21-24,31-33,40-42,49-59H2,1-3H3/b10-7-,11-8-,19-16-,20-17-,28-25-,29-26-,30-27-,37-34-,38-35-,39-36-,46-43-,47-44-,48-45-. The summed E-state index contributed by atoms with van der Waals surface area (Å²) in [5.74, 6) is -1.13. The smallest absolute Gasteiger partial charge is 0.306 e. The number of hydrogen-bond acceptors (Lipinski definition) is 6. The largest absolute Gasteiger partial charge is 0.462 e. The summed E-state index contributed by atoms with van der Waals surface area (Å²) >= 11 is 0. The van der Waals surface area contributed by atoms with E-state index >= 15 is 0 Å². The molecule has 0 heterocycles. The van der Waals surface area contributed by atoms with E-state index in [1.165, 1.54) is 44.9 Å². The lowest BCUT2D eigenvalue weighted by Crippen LogP contribution is -2.30. The lowest BCUT2D eigenvalue weighted by molar-refractivity contribution is -0.166. The van der Waals surface area contributed by atoms with E-state index in [2.05, 4.69) is 179 Å². The fourth-order valence-electron chi connectivity index (χ4n) is 6.53. The molecule has 0 aromatic carbocycles. The van der Waals surface area contributed by atoms with Crippen molar-refractivity contribution >= 4 is 17.9 Å². The first-order valence-electron chi connectivity index (χ1n) is 27.0. The molecule has 0 spiro atoms. The molecule has 0 bridgehead atoms. The SMILES string of the molecule is CC/C=C\C/C=C\C/C=C\C/C=C\C/C=C\CCCC(=O)OCC(COC(=O)CCC/C=C\C/C=C\C/C=C\C/C=C\C/C=C\CC)OC(=O)CCC/C=C\C/C=C\C/C=C\CCCCCCCC. The van der Waals surface area contributed by atoms with Crippen LogP contribution in [0.25, 0.3) is 0 Å². The first-order valence-corrected chi connectivity index (χ1v) is 27.0. The molecule has 0 fully saturated rings. The Morgan fingerprint density at radius 3 is 0.884 bits per heavy atom. The minimum Gasteiger partial charge on any atom is -0.462 e. The number of rotatable bonds is 46. The van der Waals surface area contributed by atoms with Gasteiger partial charge < -0.3 is 14.2 Å². The van der Waals surface area contributed by atoms with Gasteiger partial charge in [-0.05, 0) is 128 Å².